The summed E-state index contributed by atoms with van der Waals surface area (Å²) >= 11 is 0. The number of aliphatic hydroxyl groups is 1. The van der Waals surface area contributed by atoms with Crippen molar-refractivity contribution in [3.63, 3.8) is 0 Å². The van der Waals surface area contributed by atoms with Crippen LogP contribution in [0.1, 0.15) is 22.8 Å². The highest BCUT2D eigenvalue weighted by atomic mass is 16.3. The zero-order valence-corrected chi connectivity index (χ0v) is 13.2. The Hall–Kier alpha value is -2.66. The Morgan fingerprint density at radius 2 is 1.74 bits per heavy atom. The second kappa shape index (κ2) is 7.56. The van der Waals surface area contributed by atoms with Crippen LogP contribution in [0.4, 0.5) is 10.5 Å². The maximum absolute atomic E-state index is 12.4. The van der Waals surface area contributed by atoms with Crippen LogP contribution in [0.25, 0.3) is 0 Å². The molecule has 2 N–H and O–H groups in total. The Morgan fingerprint density at radius 3 is 2.39 bits per heavy atom. The molecule has 1 atom stereocenters. The number of amides is 2. The average molecular weight is 312 g/mol. The van der Waals surface area contributed by atoms with Crippen LogP contribution >= 0.6 is 0 Å². The minimum atomic E-state index is -0.337. The highest BCUT2D eigenvalue weighted by molar-refractivity contribution is 6.09. The van der Waals surface area contributed by atoms with Crippen LogP contribution < -0.4 is 5.32 Å². The number of carbonyl (C=O) groups is 2. The smallest absolute Gasteiger partial charge is 0.321 e. The Labute approximate surface area is 135 Å². The molecular weight excluding hydrogens is 292 g/mol. The van der Waals surface area contributed by atoms with Gasteiger partial charge >= 0.3 is 6.03 Å². The maximum atomic E-state index is 12.4. The Kier molecular flexibility index (Phi) is 5.49. The van der Waals surface area contributed by atoms with Gasteiger partial charge in [-0.15, -0.1) is 0 Å². The molecule has 0 bridgehead atoms. The van der Waals surface area contributed by atoms with Gasteiger partial charge in [0.25, 0.3) is 0 Å². The number of likely N-dealkylation sites (N-methyl/N-ethyl adjacent to an activating group) is 1. The topological polar surface area (TPSA) is 69.6 Å². The fraction of sp³-hybridized carbons (Fsp3) is 0.222. The van der Waals surface area contributed by atoms with Crippen LogP contribution in [0.5, 0.6) is 0 Å². The summed E-state index contributed by atoms with van der Waals surface area (Å²) in [5.41, 5.74) is 1.64. The summed E-state index contributed by atoms with van der Waals surface area (Å²) in [6, 6.07) is 15.2. The molecule has 0 saturated carbocycles. The first kappa shape index (κ1) is 16.7. The van der Waals surface area contributed by atoms with E-state index in [1.54, 1.807) is 50.4 Å². The normalized spacial score (nSPS) is 11.6. The maximum Gasteiger partial charge on any atom is 0.321 e. The number of urea groups is 1. The molecule has 2 aromatic rings. The lowest BCUT2D eigenvalue weighted by Crippen LogP contribution is -2.40. The zero-order valence-electron chi connectivity index (χ0n) is 13.2. The Morgan fingerprint density at radius 1 is 1.09 bits per heavy atom. The van der Waals surface area contributed by atoms with E-state index in [1.165, 1.54) is 4.90 Å². The summed E-state index contributed by atoms with van der Waals surface area (Å²) in [5, 5.41) is 11.8. The van der Waals surface area contributed by atoms with E-state index in [2.05, 4.69) is 5.32 Å². The van der Waals surface area contributed by atoms with Gasteiger partial charge in [0.15, 0.2) is 5.78 Å². The second-order valence-corrected chi connectivity index (χ2v) is 5.35. The van der Waals surface area contributed by atoms with Crippen LogP contribution in [0.2, 0.25) is 0 Å². The van der Waals surface area contributed by atoms with E-state index in [-0.39, 0.29) is 24.5 Å². The molecule has 0 spiro atoms. The number of ketones is 1. The lowest BCUT2D eigenvalue weighted by molar-refractivity contribution is 0.103. The monoisotopic (exact) mass is 312 g/mol. The van der Waals surface area contributed by atoms with E-state index in [4.69, 9.17) is 5.11 Å². The van der Waals surface area contributed by atoms with Gasteiger partial charge < -0.3 is 15.3 Å². The summed E-state index contributed by atoms with van der Waals surface area (Å²) < 4.78 is 0. The zero-order chi connectivity index (χ0) is 16.8. The van der Waals surface area contributed by atoms with Crippen molar-refractivity contribution < 1.29 is 14.7 Å². The number of hydrogen-bond donors (Lipinski definition) is 2. The molecule has 0 radical (unpaired) electrons. The predicted octanol–water partition coefficient (Wildman–Crippen LogP) is 2.76. The first-order valence-corrected chi connectivity index (χ1v) is 7.37. The van der Waals surface area contributed by atoms with Gasteiger partial charge in [-0.05, 0) is 19.1 Å². The van der Waals surface area contributed by atoms with Gasteiger partial charge in [0.2, 0.25) is 0 Å². The lowest BCUT2D eigenvalue weighted by atomic mass is 10.0. The van der Waals surface area contributed by atoms with E-state index in [0.717, 1.165) is 0 Å². The number of rotatable bonds is 5. The van der Waals surface area contributed by atoms with E-state index in [9.17, 15) is 9.59 Å². The molecule has 0 aliphatic rings. The quantitative estimate of drug-likeness (QED) is 0.834. The molecule has 0 aromatic heterocycles. The number of nitrogens with one attached hydrogen (secondary N) is 1. The Balaban J connectivity index is 2.14. The standard InChI is InChI=1S/C18H20N2O3/c1-13(12-21)20(2)18(23)19-16-10-6-9-15(11-16)17(22)14-7-4-3-5-8-14/h3-11,13,21H,12H2,1-2H3,(H,19,23). The molecule has 2 amide bonds. The fourth-order valence-electron chi connectivity index (χ4n) is 2.03. The van der Waals surface area contributed by atoms with Gasteiger partial charge in [-0.3, -0.25) is 4.79 Å². The number of benzene rings is 2. The molecule has 0 heterocycles. The number of aliphatic hydroxyl groups excluding tert-OH is 1. The molecule has 0 aliphatic carbocycles. The molecule has 120 valence electrons. The van der Waals surface area contributed by atoms with Crippen molar-refractivity contribution in [2.24, 2.45) is 0 Å². The first-order chi connectivity index (χ1) is 11.0. The minimum Gasteiger partial charge on any atom is -0.394 e. The molecule has 0 saturated heterocycles. The third-order valence-corrected chi connectivity index (χ3v) is 3.66. The summed E-state index contributed by atoms with van der Waals surface area (Å²) in [6.07, 6.45) is 0. The van der Waals surface area contributed by atoms with Gasteiger partial charge in [-0.2, -0.15) is 0 Å². The SMILES string of the molecule is CC(CO)N(C)C(=O)Nc1cccc(C(=O)c2ccccc2)c1. The lowest BCUT2D eigenvalue weighted by Gasteiger charge is -2.23. The second-order valence-electron chi connectivity index (χ2n) is 5.35. The number of nitrogens with zero attached hydrogens (tertiary/aromatic N) is 1. The van der Waals surface area contributed by atoms with E-state index in [1.807, 2.05) is 18.2 Å². The molecule has 0 aliphatic heterocycles. The van der Waals surface area contributed by atoms with Gasteiger partial charge in [0.05, 0.1) is 12.6 Å². The highest BCUT2D eigenvalue weighted by Crippen LogP contribution is 2.15. The predicted molar refractivity (Wildman–Crippen MR) is 89.6 cm³/mol. The number of carbonyl (C=O) groups excluding carboxylic acids is 2. The van der Waals surface area contributed by atoms with E-state index < -0.39 is 0 Å². The van der Waals surface area contributed by atoms with Crippen LogP contribution in [0.3, 0.4) is 0 Å². The molecule has 5 nitrogen and oxygen atoms in total. The van der Waals surface area contributed by atoms with Gasteiger partial charge in [-0.25, -0.2) is 4.79 Å². The largest absolute Gasteiger partial charge is 0.394 e. The summed E-state index contributed by atoms with van der Waals surface area (Å²) in [6.45, 7) is 1.63. The Bertz CT molecular complexity index is 686. The first-order valence-electron chi connectivity index (χ1n) is 7.37. The van der Waals surface area contributed by atoms with Crippen molar-refractivity contribution >= 4 is 17.5 Å². The van der Waals surface area contributed by atoms with Crippen molar-refractivity contribution in [1.82, 2.24) is 4.90 Å². The van der Waals surface area contributed by atoms with Crippen molar-refractivity contribution in [1.29, 1.82) is 0 Å². The summed E-state index contributed by atoms with van der Waals surface area (Å²) in [5.74, 6) is -0.0984. The van der Waals surface area contributed by atoms with Crippen LogP contribution in [-0.4, -0.2) is 41.5 Å². The van der Waals surface area contributed by atoms with Crippen molar-refractivity contribution in [3.8, 4) is 0 Å². The van der Waals surface area contributed by atoms with E-state index in [0.29, 0.717) is 16.8 Å². The molecule has 2 rings (SSSR count). The van der Waals surface area contributed by atoms with Gasteiger partial charge in [0, 0.05) is 23.9 Å². The molecule has 5 heteroatoms. The average Bonchev–Trinajstić information content (AvgIpc) is 2.60. The number of hydrogen-bond acceptors (Lipinski definition) is 3. The highest BCUT2D eigenvalue weighted by Gasteiger charge is 2.15. The summed E-state index contributed by atoms with van der Waals surface area (Å²) in [4.78, 5) is 25.9. The third kappa shape index (κ3) is 4.17. The summed E-state index contributed by atoms with van der Waals surface area (Å²) in [7, 11) is 1.61. The van der Waals surface area contributed by atoms with Crippen molar-refractivity contribution in [3.05, 3.63) is 65.7 Å². The van der Waals surface area contributed by atoms with Crippen LogP contribution in [0.15, 0.2) is 54.6 Å². The molecule has 23 heavy (non-hydrogen) atoms. The van der Waals surface area contributed by atoms with E-state index >= 15 is 0 Å². The van der Waals surface area contributed by atoms with Crippen LogP contribution in [-0.2, 0) is 0 Å². The van der Waals surface area contributed by atoms with Crippen molar-refractivity contribution in [2.45, 2.75) is 13.0 Å². The van der Waals surface area contributed by atoms with Crippen molar-refractivity contribution in [2.75, 3.05) is 19.0 Å². The molecule has 0 fully saturated rings. The molecule has 1 unspecified atom stereocenters. The molecular formula is C18H20N2O3. The number of anilines is 1. The van der Waals surface area contributed by atoms with Gasteiger partial charge in [0.1, 0.15) is 0 Å². The van der Waals surface area contributed by atoms with Crippen LogP contribution in [0, 0.1) is 0 Å². The fourth-order valence-corrected chi connectivity index (χ4v) is 2.03. The van der Waals surface area contributed by atoms with Gasteiger partial charge in [-0.1, -0.05) is 42.5 Å². The third-order valence-electron chi connectivity index (χ3n) is 3.66. The minimum absolute atomic E-state index is 0.0984. The molecule has 2 aromatic carbocycles.